The van der Waals surface area contributed by atoms with Crippen molar-refractivity contribution in [2.75, 3.05) is 6.61 Å². The van der Waals surface area contributed by atoms with Gasteiger partial charge in [-0.2, -0.15) is 4.31 Å². The van der Waals surface area contributed by atoms with Crippen LogP contribution in [0.1, 0.15) is 13.2 Å². The molecule has 0 spiro atoms. The van der Waals surface area contributed by atoms with Crippen LogP contribution in [-0.4, -0.2) is 53.8 Å². The Morgan fingerprint density at radius 3 is 2.59 bits per heavy atom. The second-order valence-corrected chi connectivity index (χ2v) is 10.6. The van der Waals surface area contributed by atoms with Crippen molar-refractivity contribution in [2.24, 2.45) is 0 Å². The molecule has 164 valence electrons. The van der Waals surface area contributed by atoms with E-state index in [0.29, 0.717) is 4.57 Å². The lowest BCUT2D eigenvalue weighted by Gasteiger charge is -2.24. The number of aliphatic hydroxyl groups excluding tert-OH is 1. The van der Waals surface area contributed by atoms with Gasteiger partial charge in [-0.05, 0) is 11.2 Å². The molecule has 5 N–H and O–H groups in total. The average Bonchev–Trinajstić information content (AvgIpc) is 2.73. The quantitative estimate of drug-likeness (QED) is 0.287. The van der Waals surface area contributed by atoms with Crippen LogP contribution in [-0.2, 0) is 38.8 Å². The summed E-state index contributed by atoms with van der Waals surface area (Å²) >= 11 is 4.59. The Bertz CT molecular complexity index is 991. The Balaban J connectivity index is 2.06. The van der Waals surface area contributed by atoms with Gasteiger partial charge in [0, 0.05) is 12.3 Å². The summed E-state index contributed by atoms with van der Waals surface area (Å²) in [5.41, 5.74) is -4.24. The maximum Gasteiger partial charge on any atom is 0.532 e. The first-order valence-corrected chi connectivity index (χ1v) is 12.6. The van der Waals surface area contributed by atoms with Crippen molar-refractivity contribution >= 4 is 34.6 Å². The Hall–Kier alpha value is -0.730. The van der Waals surface area contributed by atoms with Crippen LogP contribution in [0.3, 0.4) is 0 Å². The van der Waals surface area contributed by atoms with E-state index < -0.39 is 64.8 Å². The summed E-state index contributed by atoms with van der Waals surface area (Å²) in [5, 5.41) is 10.1. The number of phosphoric acid groups is 2. The van der Waals surface area contributed by atoms with E-state index in [4.69, 9.17) is 19.0 Å². The van der Waals surface area contributed by atoms with E-state index in [2.05, 4.69) is 20.4 Å². The van der Waals surface area contributed by atoms with Crippen molar-refractivity contribution in [1.82, 2.24) is 9.55 Å². The maximum atomic E-state index is 14.9. The van der Waals surface area contributed by atoms with Gasteiger partial charge in [-0.25, -0.2) is 18.3 Å². The summed E-state index contributed by atoms with van der Waals surface area (Å²) in [7, 11) is -13.3. The van der Waals surface area contributed by atoms with Gasteiger partial charge in [-0.3, -0.25) is 19.2 Å². The minimum Gasteiger partial charge on any atom is -0.387 e. The molecule has 3 unspecified atom stereocenters. The molecule has 1 aliphatic heterocycles. The summed E-state index contributed by atoms with van der Waals surface area (Å²) < 4.78 is 55.5. The lowest BCUT2D eigenvalue weighted by Crippen LogP contribution is -2.43. The first-order chi connectivity index (χ1) is 13.1. The van der Waals surface area contributed by atoms with Gasteiger partial charge in [-0.1, -0.05) is 0 Å². The number of rotatable bonds is 8. The molecule has 0 bridgehead atoms. The monoisotopic (exact) mass is 499 g/mol. The van der Waals surface area contributed by atoms with Gasteiger partial charge < -0.3 is 19.6 Å². The van der Waals surface area contributed by atoms with Crippen LogP contribution in [0, 0.1) is 0 Å². The summed E-state index contributed by atoms with van der Waals surface area (Å²) in [6.07, 6.45) is -3.97. The van der Waals surface area contributed by atoms with E-state index in [1.54, 1.807) is 0 Å². The van der Waals surface area contributed by atoms with Crippen LogP contribution >= 0.6 is 22.8 Å². The van der Waals surface area contributed by atoms with Gasteiger partial charge in [0.05, 0.1) is 0 Å². The number of halogens is 1. The van der Waals surface area contributed by atoms with E-state index in [1.807, 2.05) is 4.98 Å². The second-order valence-electron chi connectivity index (χ2n) is 5.78. The summed E-state index contributed by atoms with van der Waals surface area (Å²) in [6, 6.07) is 0.938. The van der Waals surface area contributed by atoms with Crippen molar-refractivity contribution < 1.29 is 51.2 Å². The maximum absolute atomic E-state index is 14.9. The summed E-state index contributed by atoms with van der Waals surface area (Å²) in [4.78, 5) is 51.0. The molecule has 19 heteroatoms. The van der Waals surface area contributed by atoms with E-state index in [9.17, 15) is 33.1 Å². The van der Waals surface area contributed by atoms with E-state index >= 15 is 0 Å². The third kappa shape index (κ3) is 6.37. The topological polar surface area (TPSA) is 207 Å². The van der Waals surface area contributed by atoms with E-state index in [0.717, 1.165) is 19.2 Å². The minimum atomic E-state index is -5.36. The van der Waals surface area contributed by atoms with Gasteiger partial charge in [0.25, 0.3) is 5.56 Å². The molecule has 1 saturated heterocycles. The molecule has 6 atom stereocenters. The molecule has 0 aliphatic carbocycles. The Kier molecular flexibility index (Phi) is 7.44. The predicted octanol–water partition coefficient (Wildman–Crippen LogP) is -0.460. The molecule has 2 rings (SSSR count). The fourth-order valence-electron chi connectivity index (χ4n) is 2.35. The van der Waals surface area contributed by atoms with Crippen molar-refractivity contribution in [2.45, 2.75) is 31.0 Å². The predicted molar refractivity (Wildman–Crippen MR) is 95.0 cm³/mol. The second kappa shape index (κ2) is 8.79. The molecule has 29 heavy (non-hydrogen) atoms. The number of alkyl halides is 1. The first kappa shape index (κ1) is 24.5. The molecule has 2 heterocycles. The van der Waals surface area contributed by atoms with Crippen LogP contribution < -0.4 is 11.2 Å². The number of hydrogen-bond acceptors (Lipinski definition) is 10. The van der Waals surface area contributed by atoms with Crippen molar-refractivity contribution in [1.29, 1.82) is 0 Å². The van der Waals surface area contributed by atoms with Crippen molar-refractivity contribution in [3.8, 4) is 0 Å². The molecule has 1 fully saturated rings. The molecule has 0 amide bonds. The van der Waals surface area contributed by atoms with Crippen LogP contribution in [0.25, 0.3) is 0 Å². The number of hydrogen-bond donors (Lipinski definition) is 5. The van der Waals surface area contributed by atoms with Crippen LogP contribution in [0.2, 0.25) is 0 Å². The highest BCUT2D eigenvalue weighted by atomic mass is 32.4. The Morgan fingerprint density at radius 1 is 1.41 bits per heavy atom. The number of H-pyrrole nitrogens is 1. The molecular formula is C10H15FN2O12P3S+. The summed E-state index contributed by atoms with van der Waals surface area (Å²) in [6.45, 7) is 0.253. The third-order valence-corrected chi connectivity index (χ3v) is 7.86. The fourth-order valence-corrected chi connectivity index (χ4v) is 5.89. The lowest BCUT2D eigenvalue weighted by atomic mass is 9.98. The van der Waals surface area contributed by atoms with Gasteiger partial charge in [0.2, 0.25) is 11.8 Å². The van der Waals surface area contributed by atoms with Gasteiger partial charge in [-0.15, -0.1) is 4.52 Å². The molecule has 0 saturated carbocycles. The van der Waals surface area contributed by atoms with E-state index in [1.165, 1.54) is 0 Å². The fraction of sp³-hybridized carbons (Fsp3) is 0.600. The third-order valence-electron chi connectivity index (χ3n) is 3.54. The lowest BCUT2D eigenvalue weighted by molar-refractivity contribution is -0.0581. The highest BCUT2D eigenvalue weighted by Gasteiger charge is 2.56. The Morgan fingerprint density at radius 2 is 2.03 bits per heavy atom. The normalized spacial score (nSPS) is 30.1. The van der Waals surface area contributed by atoms with Gasteiger partial charge in [0.1, 0.15) is 18.8 Å². The largest absolute Gasteiger partial charge is 0.532 e. The van der Waals surface area contributed by atoms with E-state index in [-0.39, 0.29) is 0 Å². The van der Waals surface area contributed by atoms with Crippen molar-refractivity contribution in [3.63, 3.8) is 0 Å². The number of nitrogens with one attached hydrogen (secondary N) is 1. The molecular weight excluding hydrogens is 484 g/mol. The zero-order valence-corrected chi connectivity index (χ0v) is 17.7. The zero-order chi connectivity index (χ0) is 22.2. The van der Waals surface area contributed by atoms with Gasteiger partial charge in [0.15, 0.2) is 11.9 Å². The number of aromatic nitrogens is 2. The smallest absolute Gasteiger partial charge is 0.387 e. The first-order valence-electron chi connectivity index (χ1n) is 7.36. The minimum absolute atomic E-state index is 0.680. The van der Waals surface area contributed by atoms with Crippen LogP contribution in [0.4, 0.5) is 4.39 Å². The van der Waals surface area contributed by atoms with Crippen LogP contribution in [0.5, 0.6) is 0 Å². The molecule has 1 aromatic heterocycles. The highest BCUT2D eigenvalue weighted by molar-refractivity contribution is 8.02. The Labute approximate surface area is 166 Å². The molecule has 0 radical (unpaired) electrons. The standard InChI is InChI=1S/C10H14FN2O12P3S/c1-10(11)7(15)5(23-8(10)13-3-2-6(14)12-9(13)16)4-22-26(29)24-28(20,21)25-27(17,18)19/h2-3,5,7-8,15H,4H2,1H3,(H3-,12,14,16,17,18,19,20,21)/p+1/t5?,7-,8-,10-/m1/s1. The highest BCUT2D eigenvalue weighted by Crippen LogP contribution is 2.62. The van der Waals surface area contributed by atoms with Gasteiger partial charge >= 0.3 is 28.5 Å². The molecule has 1 aromatic rings. The number of aliphatic hydroxyl groups is 1. The molecule has 14 nitrogen and oxygen atoms in total. The number of nitrogens with zero attached hydrogens (tertiary/aromatic N) is 1. The van der Waals surface area contributed by atoms with Crippen LogP contribution in [0.15, 0.2) is 21.9 Å². The molecule has 0 aromatic carbocycles. The number of aromatic amines is 1. The summed E-state index contributed by atoms with van der Waals surface area (Å²) in [5.74, 6) is 0. The van der Waals surface area contributed by atoms with Crippen molar-refractivity contribution in [3.05, 3.63) is 33.1 Å². The SMILES string of the molecule is C[C@@]1(F)[C@H](O)C(CO[P+](=S)OP(=O)(O)OP(=O)(O)O)O[C@H]1n1ccc(=O)[nH]c1=O. The number of ether oxygens (including phenoxy) is 1. The average molecular weight is 499 g/mol. The zero-order valence-electron chi connectivity index (χ0n) is 14.2. The molecule has 1 aliphatic rings.